The predicted octanol–water partition coefficient (Wildman–Crippen LogP) is 0.965. The normalized spacial score (nSPS) is 15.6. The Morgan fingerprint density at radius 1 is 1.27 bits per heavy atom. The van der Waals surface area contributed by atoms with Gasteiger partial charge in [0.2, 0.25) is 5.69 Å². The van der Waals surface area contributed by atoms with Crippen LogP contribution in [0.1, 0.15) is 6.42 Å². The molecule has 0 amide bonds. The molecule has 1 aromatic rings. The van der Waals surface area contributed by atoms with Gasteiger partial charge in [-0.1, -0.05) is 12.1 Å². The highest BCUT2D eigenvalue weighted by Gasteiger charge is 2.07. The molecule has 0 fully saturated rings. The molecule has 0 unspecified atom stereocenters. The van der Waals surface area contributed by atoms with E-state index < -0.39 is 0 Å². The van der Waals surface area contributed by atoms with Gasteiger partial charge in [-0.3, -0.25) is 0 Å². The second kappa shape index (κ2) is 3.09. The minimum atomic E-state index is 1.14. The van der Waals surface area contributed by atoms with Gasteiger partial charge in [0, 0.05) is 18.2 Å². The number of hydrogen-bond donors (Lipinski definition) is 1. The molecular formula is C9H10NS+. The molecule has 0 radical (unpaired) electrons. The van der Waals surface area contributed by atoms with Gasteiger partial charge in [-0.05, 0) is 6.07 Å². The van der Waals surface area contributed by atoms with Crippen molar-refractivity contribution >= 4 is 23.7 Å². The van der Waals surface area contributed by atoms with E-state index in [2.05, 4.69) is 35.5 Å². The highest BCUT2D eigenvalue weighted by Crippen LogP contribution is 2.24. The lowest BCUT2D eigenvalue weighted by molar-refractivity contribution is -0.351. The topological polar surface area (TPSA) is 14.0 Å². The fraction of sp³-hybridized carbons (Fsp3) is 0.222. The summed E-state index contributed by atoms with van der Waals surface area (Å²) >= 11 is 1.92. The molecule has 1 aromatic carbocycles. The third kappa shape index (κ3) is 1.46. The lowest BCUT2D eigenvalue weighted by Crippen LogP contribution is -2.61. The molecule has 56 valence electrons. The summed E-state index contributed by atoms with van der Waals surface area (Å²) in [6.45, 7) is 0. The Bertz CT molecular complexity index is 281. The van der Waals surface area contributed by atoms with Gasteiger partial charge in [-0.25, -0.2) is 4.99 Å². The summed E-state index contributed by atoms with van der Waals surface area (Å²) in [6, 6.07) is 8.42. The molecule has 0 saturated heterocycles. The second-order valence-electron chi connectivity index (χ2n) is 2.48. The van der Waals surface area contributed by atoms with Crippen LogP contribution in [0.3, 0.4) is 0 Å². The first-order chi connectivity index (χ1) is 5.47. The lowest BCUT2D eigenvalue weighted by atomic mass is 10.3. The van der Waals surface area contributed by atoms with Gasteiger partial charge in [0.05, 0.1) is 4.90 Å². The molecule has 0 spiro atoms. The standard InChI is InChI=1S/C9H9NS/c1-2-5-9-8(4-1)10-6-3-7-11-9/h1-2,4-6H,3,7H2/p+1. The maximum Gasteiger partial charge on any atom is 0.216 e. The Hall–Kier alpha value is -0.760. The Balaban J connectivity index is 2.45. The van der Waals surface area contributed by atoms with Crippen LogP contribution in [0.4, 0.5) is 5.69 Å². The van der Waals surface area contributed by atoms with E-state index in [-0.39, 0.29) is 0 Å². The van der Waals surface area contributed by atoms with Crippen molar-refractivity contribution in [3.05, 3.63) is 24.3 Å². The molecule has 0 aromatic heterocycles. The lowest BCUT2D eigenvalue weighted by Gasteiger charge is -1.94. The SMILES string of the molecule is C1=[NH+]c2ccccc2SCC1. The largest absolute Gasteiger partial charge is 0.216 e. The predicted molar refractivity (Wildman–Crippen MR) is 48.5 cm³/mol. The van der Waals surface area contributed by atoms with Crippen molar-refractivity contribution in [2.24, 2.45) is 0 Å². The summed E-state index contributed by atoms with van der Waals surface area (Å²) in [6.07, 6.45) is 3.26. The van der Waals surface area contributed by atoms with Crippen LogP contribution in [0, 0.1) is 0 Å². The molecule has 0 aliphatic carbocycles. The minimum Gasteiger partial charge on any atom is -0.214 e. The Labute approximate surface area is 70.5 Å². The van der Waals surface area contributed by atoms with Gasteiger partial charge >= 0.3 is 0 Å². The molecule has 0 atom stereocenters. The number of hydrogen-bond acceptors (Lipinski definition) is 1. The van der Waals surface area contributed by atoms with Crippen molar-refractivity contribution in [1.29, 1.82) is 0 Å². The van der Waals surface area contributed by atoms with Gasteiger partial charge in [0.15, 0.2) is 0 Å². The quantitative estimate of drug-likeness (QED) is 0.603. The molecule has 1 aliphatic rings. The van der Waals surface area contributed by atoms with Crippen molar-refractivity contribution in [3.63, 3.8) is 0 Å². The third-order valence-corrected chi connectivity index (χ3v) is 2.77. The van der Waals surface area contributed by atoms with Crippen LogP contribution in [0.5, 0.6) is 0 Å². The van der Waals surface area contributed by atoms with Crippen LogP contribution in [-0.2, 0) is 0 Å². The number of nitrogens with one attached hydrogen (secondary N) is 1. The van der Waals surface area contributed by atoms with Crippen LogP contribution in [0.25, 0.3) is 0 Å². The Morgan fingerprint density at radius 2 is 2.18 bits per heavy atom. The summed E-state index contributed by atoms with van der Waals surface area (Å²) in [4.78, 5) is 4.64. The van der Waals surface area contributed by atoms with E-state index >= 15 is 0 Å². The first-order valence-electron chi connectivity index (χ1n) is 3.77. The number of rotatable bonds is 0. The molecule has 2 rings (SSSR count). The zero-order chi connectivity index (χ0) is 7.52. The first kappa shape index (κ1) is 6.92. The second-order valence-corrected chi connectivity index (χ2v) is 3.62. The molecule has 2 heteroatoms. The summed E-state index contributed by atoms with van der Waals surface area (Å²) < 4.78 is 0. The van der Waals surface area contributed by atoms with Gasteiger partial charge in [-0.2, -0.15) is 0 Å². The number of thioether (sulfide) groups is 1. The summed E-state index contributed by atoms with van der Waals surface area (Å²) in [5.74, 6) is 1.18. The van der Waals surface area contributed by atoms with Crippen molar-refractivity contribution in [2.45, 2.75) is 11.3 Å². The Kier molecular flexibility index (Phi) is 1.95. The van der Waals surface area contributed by atoms with Gasteiger partial charge in [0.25, 0.3) is 0 Å². The highest BCUT2D eigenvalue weighted by atomic mass is 32.2. The zero-order valence-electron chi connectivity index (χ0n) is 6.21. The minimum absolute atomic E-state index is 1.14. The van der Waals surface area contributed by atoms with E-state index in [0.29, 0.717) is 0 Å². The van der Waals surface area contributed by atoms with E-state index in [4.69, 9.17) is 0 Å². The van der Waals surface area contributed by atoms with Crippen LogP contribution < -0.4 is 4.99 Å². The maximum absolute atomic E-state index is 3.28. The smallest absolute Gasteiger partial charge is 0.214 e. The molecule has 1 aliphatic heterocycles. The van der Waals surface area contributed by atoms with E-state index in [1.807, 2.05) is 11.8 Å². The van der Waals surface area contributed by atoms with Gasteiger partial charge in [-0.15, -0.1) is 11.8 Å². The first-order valence-corrected chi connectivity index (χ1v) is 4.75. The molecule has 1 N–H and O–H groups in total. The summed E-state index contributed by atoms with van der Waals surface area (Å²) in [5, 5.41) is 0. The fourth-order valence-electron chi connectivity index (χ4n) is 1.12. The molecule has 1 heterocycles. The molecule has 0 bridgehead atoms. The number of para-hydroxylation sites is 1. The van der Waals surface area contributed by atoms with Crippen molar-refractivity contribution in [3.8, 4) is 0 Å². The average molecular weight is 164 g/mol. The van der Waals surface area contributed by atoms with E-state index in [0.717, 1.165) is 6.42 Å². The maximum atomic E-state index is 3.28. The Morgan fingerprint density at radius 3 is 3.18 bits per heavy atom. The number of fused-ring (bicyclic) bond motifs is 1. The molecule has 1 nitrogen and oxygen atoms in total. The number of benzene rings is 1. The van der Waals surface area contributed by atoms with Crippen LogP contribution >= 0.6 is 11.8 Å². The zero-order valence-corrected chi connectivity index (χ0v) is 7.03. The molecular weight excluding hydrogens is 154 g/mol. The average Bonchev–Trinajstić information content (AvgIpc) is 2.28. The van der Waals surface area contributed by atoms with E-state index in [1.54, 1.807) is 0 Å². The van der Waals surface area contributed by atoms with Crippen LogP contribution in [-0.4, -0.2) is 12.0 Å². The summed E-state index contributed by atoms with van der Waals surface area (Å²) in [5.41, 5.74) is 1.25. The molecule has 11 heavy (non-hydrogen) atoms. The molecule has 0 saturated carbocycles. The van der Waals surface area contributed by atoms with Crippen molar-refractivity contribution in [1.82, 2.24) is 0 Å². The summed E-state index contributed by atoms with van der Waals surface area (Å²) in [7, 11) is 0. The van der Waals surface area contributed by atoms with Crippen molar-refractivity contribution in [2.75, 3.05) is 5.75 Å². The highest BCUT2D eigenvalue weighted by molar-refractivity contribution is 7.99. The van der Waals surface area contributed by atoms with Crippen LogP contribution in [0.15, 0.2) is 29.2 Å². The van der Waals surface area contributed by atoms with Crippen molar-refractivity contribution < 1.29 is 4.99 Å². The van der Waals surface area contributed by atoms with E-state index in [9.17, 15) is 0 Å². The monoisotopic (exact) mass is 164 g/mol. The van der Waals surface area contributed by atoms with E-state index in [1.165, 1.54) is 16.3 Å². The third-order valence-electron chi connectivity index (χ3n) is 1.66. The fourth-order valence-corrected chi connectivity index (χ4v) is 2.03. The van der Waals surface area contributed by atoms with Gasteiger partial charge in [0.1, 0.15) is 6.21 Å². The van der Waals surface area contributed by atoms with Gasteiger partial charge < -0.3 is 0 Å². The van der Waals surface area contributed by atoms with Crippen LogP contribution in [0.2, 0.25) is 0 Å².